The zero-order chi connectivity index (χ0) is 14.0. The predicted molar refractivity (Wildman–Crippen MR) is 68.6 cm³/mol. The number of H-pyrrole nitrogens is 1. The molecular weight excluding hydrogens is 248 g/mol. The second kappa shape index (κ2) is 4.93. The van der Waals surface area contributed by atoms with Gasteiger partial charge in [0.2, 0.25) is 0 Å². The van der Waals surface area contributed by atoms with Crippen LogP contribution in [-0.4, -0.2) is 20.6 Å². The molecular formula is C13H12N2O4. The standard InChI is InChI=1S/C13H12N2O4/c1-8-3-2-4-9(5-8)6-15-7-10(12(17)18)11(16)14-13(15)19/h2-5,7H,6H2,1H3,(H,17,18)(H,14,16,19). The van der Waals surface area contributed by atoms with Crippen molar-refractivity contribution in [2.45, 2.75) is 13.5 Å². The molecule has 0 aliphatic rings. The largest absolute Gasteiger partial charge is 0.477 e. The number of carbonyl (C=O) groups is 1. The summed E-state index contributed by atoms with van der Waals surface area (Å²) in [5.41, 5.74) is -0.0827. The third-order valence-corrected chi connectivity index (χ3v) is 2.68. The molecule has 1 aromatic carbocycles. The van der Waals surface area contributed by atoms with Crippen molar-refractivity contribution < 1.29 is 9.90 Å². The third-order valence-electron chi connectivity index (χ3n) is 2.68. The normalized spacial score (nSPS) is 10.4. The summed E-state index contributed by atoms with van der Waals surface area (Å²) in [5, 5.41) is 8.86. The van der Waals surface area contributed by atoms with Crippen LogP contribution in [0.5, 0.6) is 0 Å². The molecule has 98 valence electrons. The molecule has 0 radical (unpaired) electrons. The Bertz CT molecular complexity index is 743. The highest BCUT2D eigenvalue weighted by Crippen LogP contribution is 2.05. The number of aromatic nitrogens is 2. The van der Waals surface area contributed by atoms with Crippen molar-refractivity contribution >= 4 is 5.97 Å². The Morgan fingerprint density at radius 1 is 1.37 bits per heavy atom. The van der Waals surface area contributed by atoms with Crippen molar-refractivity contribution in [2.75, 3.05) is 0 Å². The monoisotopic (exact) mass is 260 g/mol. The highest BCUT2D eigenvalue weighted by Gasteiger charge is 2.11. The van der Waals surface area contributed by atoms with Gasteiger partial charge in [0.25, 0.3) is 5.56 Å². The van der Waals surface area contributed by atoms with Crippen LogP contribution in [0.15, 0.2) is 40.1 Å². The molecule has 2 N–H and O–H groups in total. The maximum absolute atomic E-state index is 11.6. The number of hydrogen-bond acceptors (Lipinski definition) is 3. The maximum atomic E-state index is 11.6. The highest BCUT2D eigenvalue weighted by atomic mass is 16.4. The highest BCUT2D eigenvalue weighted by molar-refractivity contribution is 5.86. The Balaban J connectivity index is 2.46. The van der Waals surface area contributed by atoms with Gasteiger partial charge in [0.1, 0.15) is 5.56 Å². The SMILES string of the molecule is Cc1cccc(Cn2cc(C(=O)O)c(=O)[nH]c2=O)c1. The van der Waals surface area contributed by atoms with Crippen LogP contribution in [0.1, 0.15) is 21.5 Å². The van der Waals surface area contributed by atoms with E-state index in [1.54, 1.807) is 0 Å². The van der Waals surface area contributed by atoms with E-state index in [1.165, 1.54) is 4.57 Å². The number of rotatable bonds is 3. The van der Waals surface area contributed by atoms with Crippen LogP contribution in [0.25, 0.3) is 0 Å². The van der Waals surface area contributed by atoms with Gasteiger partial charge in [0.15, 0.2) is 0 Å². The van der Waals surface area contributed by atoms with E-state index in [0.29, 0.717) is 0 Å². The van der Waals surface area contributed by atoms with E-state index in [9.17, 15) is 14.4 Å². The van der Waals surface area contributed by atoms with Crippen molar-refractivity contribution in [3.05, 3.63) is 68.0 Å². The summed E-state index contributed by atoms with van der Waals surface area (Å²) in [5.74, 6) is -1.36. The smallest absolute Gasteiger partial charge is 0.342 e. The van der Waals surface area contributed by atoms with Gasteiger partial charge in [-0.2, -0.15) is 0 Å². The molecule has 2 aromatic rings. The molecule has 0 aliphatic carbocycles. The Labute approximate surface area is 108 Å². The molecule has 0 amide bonds. The van der Waals surface area contributed by atoms with Crippen molar-refractivity contribution in [3.63, 3.8) is 0 Å². The first-order valence-corrected chi connectivity index (χ1v) is 5.60. The van der Waals surface area contributed by atoms with Crippen molar-refractivity contribution in [3.8, 4) is 0 Å². The Morgan fingerprint density at radius 3 is 2.74 bits per heavy atom. The fraction of sp³-hybridized carbons (Fsp3) is 0.154. The molecule has 2 rings (SSSR count). The summed E-state index contributed by atoms with van der Waals surface area (Å²) < 4.78 is 1.17. The second-order valence-corrected chi connectivity index (χ2v) is 4.22. The number of aromatic carboxylic acids is 1. The van der Waals surface area contributed by atoms with Gasteiger partial charge in [-0.3, -0.25) is 14.3 Å². The molecule has 6 nitrogen and oxygen atoms in total. The van der Waals surface area contributed by atoms with Crippen molar-refractivity contribution in [2.24, 2.45) is 0 Å². The van der Waals surface area contributed by atoms with Crippen molar-refractivity contribution in [1.29, 1.82) is 0 Å². The van der Waals surface area contributed by atoms with Crippen LogP contribution >= 0.6 is 0 Å². The number of carboxylic acid groups (broad SMARTS) is 1. The lowest BCUT2D eigenvalue weighted by molar-refractivity contribution is 0.0693. The Kier molecular flexibility index (Phi) is 3.33. The minimum absolute atomic E-state index is 0.206. The summed E-state index contributed by atoms with van der Waals surface area (Å²) in [6.45, 7) is 2.12. The molecule has 1 heterocycles. The summed E-state index contributed by atoms with van der Waals surface area (Å²) in [6, 6.07) is 7.48. The lowest BCUT2D eigenvalue weighted by atomic mass is 10.1. The van der Waals surface area contributed by atoms with E-state index < -0.39 is 22.8 Å². The van der Waals surface area contributed by atoms with E-state index in [4.69, 9.17) is 5.11 Å². The van der Waals surface area contributed by atoms with Gasteiger partial charge >= 0.3 is 11.7 Å². The van der Waals surface area contributed by atoms with Gasteiger partial charge in [-0.15, -0.1) is 0 Å². The van der Waals surface area contributed by atoms with Crippen LogP contribution in [0.2, 0.25) is 0 Å². The van der Waals surface area contributed by atoms with Crippen LogP contribution in [0.4, 0.5) is 0 Å². The number of hydrogen-bond donors (Lipinski definition) is 2. The third kappa shape index (κ3) is 2.79. The number of nitrogens with zero attached hydrogens (tertiary/aromatic N) is 1. The molecule has 6 heteroatoms. The lowest BCUT2D eigenvalue weighted by Crippen LogP contribution is -2.33. The van der Waals surface area contributed by atoms with E-state index in [0.717, 1.165) is 17.3 Å². The molecule has 0 spiro atoms. The minimum atomic E-state index is -1.36. The van der Waals surface area contributed by atoms with Crippen LogP contribution < -0.4 is 11.2 Å². The first kappa shape index (κ1) is 12.8. The van der Waals surface area contributed by atoms with Gasteiger partial charge in [-0.05, 0) is 12.5 Å². The topological polar surface area (TPSA) is 92.2 Å². The van der Waals surface area contributed by atoms with E-state index in [-0.39, 0.29) is 6.54 Å². The van der Waals surface area contributed by atoms with Gasteiger partial charge in [0.05, 0.1) is 6.54 Å². The van der Waals surface area contributed by atoms with Gasteiger partial charge in [0, 0.05) is 6.20 Å². The molecule has 0 unspecified atom stereocenters. The first-order chi connectivity index (χ1) is 8.97. The fourth-order valence-electron chi connectivity index (χ4n) is 1.79. The average molecular weight is 260 g/mol. The van der Waals surface area contributed by atoms with E-state index in [2.05, 4.69) is 0 Å². The number of aromatic amines is 1. The quantitative estimate of drug-likeness (QED) is 0.844. The second-order valence-electron chi connectivity index (χ2n) is 4.22. The number of aryl methyl sites for hydroxylation is 1. The number of benzene rings is 1. The Hall–Kier alpha value is -2.63. The fourth-order valence-corrected chi connectivity index (χ4v) is 1.79. The number of carboxylic acids is 1. The molecule has 0 fully saturated rings. The van der Waals surface area contributed by atoms with Gasteiger partial charge in [-0.1, -0.05) is 29.8 Å². The zero-order valence-electron chi connectivity index (χ0n) is 10.2. The summed E-state index contributed by atoms with van der Waals surface area (Å²) in [7, 11) is 0. The van der Waals surface area contributed by atoms with Gasteiger partial charge in [-0.25, -0.2) is 9.59 Å². The molecule has 0 atom stereocenters. The molecule has 0 bridgehead atoms. The van der Waals surface area contributed by atoms with Crippen molar-refractivity contribution in [1.82, 2.24) is 9.55 Å². The Morgan fingerprint density at radius 2 is 2.11 bits per heavy atom. The molecule has 19 heavy (non-hydrogen) atoms. The molecule has 0 saturated carbocycles. The van der Waals surface area contributed by atoms with Crippen LogP contribution in [0, 0.1) is 6.92 Å². The zero-order valence-corrected chi connectivity index (χ0v) is 10.2. The van der Waals surface area contributed by atoms with Gasteiger partial charge < -0.3 is 5.11 Å². The summed E-state index contributed by atoms with van der Waals surface area (Å²) in [6.07, 6.45) is 1.06. The van der Waals surface area contributed by atoms with E-state index in [1.807, 2.05) is 36.2 Å². The molecule has 0 saturated heterocycles. The summed E-state index contributed by atoms with van der Waals surface area (Å²) >= 11 is 0. The van der Waals surface area contributed by atoms with Crippen LogP contribution in [0.3, 0.4) is 0 Å². The van der Waals surface area contributed by atoms with E-state index >= 15 is 0 Å². The molecule has 1 aromatic heterocycles. The van der Waals surface area contributed by atoms with Crippen LogP contribution in [-0.2, 0) is 6.54 Å². The lowest BCUT2D eigenvalue weighted by Gasteiger charge is -2.06. The summed E-state index contributed by atoms with van der Waals surface area (Å²) in [4.78, 5) is 35.8. The molecule has 0 aliphatic heterocycles. The first-order valence-electron chi connectivity index (χ1n) is 5.60. The minimum Gasteiger partial charge on any atom is -0.477 e. The average Bonchev–Trinajstić information content (AvgIpc) is 2.32. The maximum Gasteiger partial charge on any atom is 0.342 e. The predicted octanol–water partition coefficient (Wildman–Crippen LogP) is 0.592. The number of nitrogens with one attached hydrogen (secondary N) is 1.